The van der Waals surface area contributed by atoms with E-state index in [1.54, 1.807) is 11.1 Å². The van der Waals surface area contributed by atoms with Gasteiger partial charge in [-0.05, 0) is 66.9 Å². The molecule has 1 fully saturated rings. The molecule has 2 aromatic rings. The molecule has 0 bridgehead atoms. The van der Waals surface area contributed by atoms with Crippen molar-refractivity contribution in [1.29, 1.82) is 0 Å². The Morgan fingerprint density at radius 1 is 1.12 bits per heavy atom. The van der Waals surface area contributed by atoms with Crippen molar-refractivity contribution in [3.8, 4) is 0 Å². The number of para-hydroxylation sites is 1. The van der Waals surface area contributed by atoms with Gasteiger partial charge in [0.1, 0.15) is 11.1 Å². The number of rotatable bonds is 6. The average molecular weight is 459 g/mol. The first-order valence-electron chi connectivity index (χ1n) is 11.8. The second kappa shape index (κ2) is 9.37. The molecule has 1 aliphatic heterocycles. The third-order valence-corrected chi connectivity index (χ3v) is 5.75. The van der Waals surface area contributed by atoms with E-state index < -0.39 is 35.1 Å². The van der Waals surface area contributed by atoms with Crippen molar-refractivity contribution in [2.75, 3.05) is 6.54 Å². The molecule has 0 radical (unpaired) electrons. The Morgan fingerprint density at radius 2 is 1.82 bits per heavy atom. The van der Waals surface area contributed by atoms with Crippen LogP contribution in [0.4, 0.5) is 4.79 Å². The SMILES string of the molecule is CCCC1(C(OC(=O)c2c[nH]c3ccccc23)OC(C)(C)C)CCCN1C(=O)OC(C)(C)C. The molecular formula is C26H38N2O5. The number of carbonyl (C=O) groups excluding carboxylic acids is 2. The first-order chi connectivity index (χ1) is 15.4. The first kappa shape index (κ1) is 25.1. The molecular weight excluding hydrogens is 420 g/mol. The Kier molecular flexibility index (Phi) is 7.13. The molecule has 2 unspecified atom stereocenters. The van der Waals surface area contributed by atoms with Gasteiger partial charge in [-0.15, -0.1) is 0 Å². The van der Waals surface area contributed by atoms with Crippen LogP contribution in [0.2, 0.25) is 0 Å². The molecule has 7 heteroatoms. The lowest BCUT2D eigenvalue weighted by atomic mass is 9.89. The van der Waals surface area contributed by atoms with E-state index in [-0.39, 0.29) is 0 Å². The van der Waals surface area contributed by atoms with Crippen LogP contribution in [0.5, 0.6) is 0 Å². The molecule has 1 aliphatic rings. The number of fused-ring (bicyclic) bond motifs is 1. The summed E-state index contributed by atoms with van der Waals surface area (Å²) >= 11 is 0. The molecule has 3 rings (SSSR count). The molecule has 0 aliphatic carbocycles. The summed E-state index contributed by atoms with van der Waals surface area (Å²) in [6.45, 7) is 13.9. The highest BCUT2D eigenvalue weighted by molar-refractivity contribution is 6.04. The van der Waals surface area contributed by atoms with E-state index in [4.69, 9.17) is 14.2 Å². The standard InChI is InChI=1S/C26H38N2O5/c1-8-14-26(15-11-16-28(26)23(30)33-25(5,6)7)22(32-24(2,3)4)31-21(29)19-17-27-20-13-10-9-12-18(19)20/h9-10,12-13,17,22,27H,8,11,14-16H2,1-7H3. The van der Waals surface area contributed by atoms with Gasteiger partial charge in [0.15, 0.2) is 0 Å². The number of aromatic amines is 1. The smallest absolute Gasteiger partial charge is 0.410 e. The molecule has 1 aromatic carbocycles. The maximum Gasteiger partial charge on any atom is 0.410 e. The minimum absolute atomic E-state index is 0.404. The molecule has 182 valence electrons. The number of hydrogen-bond donors (Lipinski definition) is 1. The van der Waals surface area contributed by atoms with Gasteiger partial charge in [0, 0.05) is 23.6 Å². The third-order valence-electron chi connectivity index (χ3n) is 5.75. The number of aromatic nitrogens is 1. The zero-order valence-electron chi connectivity index (χ0n) is 21.0. The predicted octanol–water partition coefficient (Wildman–Crippen LogP) is 6.04. The zero-order chi connectivity index (χ0) is 24.4. The van der Waals surface area contributed by atoms with Crippen molar-refractivity contribution in [2.24, 2.45) is 0 Å². The lowest BCUT2D eigenvalue weighted by molar-refractivity contribution is -0.222. The Labute approximate surface area is 196 Å². The van der Waals surface area contributed by atoms with Gasteiger partial charge in [0.25, 0.3) is 0 Å². The summed E-state index contributed by atoms with van der Waals surface area (Å²) < 4.78 is 18.2. The van der Waals surface area contributed by atoms with Gasteiger partial charge in [-0.3, -0.25) is 4.90 Å². The van der Waals surface area contributed by atoms with Gasteiger partial charge in [-0.2, -0.15) is 0 Å². The monoisotopic (exact) mass is 458 g/mol. The molecule has 1 aromatic heterocycles. The van der Waals surface area contributed by atoms with Gasteiger partial charge in [0.05, 0.1) is 11.2 Å². The Bertz CT molecular complexity index is 984. The number of benzene rings is 1. The number of carbonyl (C=O) groups is 2. The number of hydrogen-bond acceptors (Lipinski definition) is 5. The summed E-state index contributed by atoms with van der Waals surface area (Å²) in [6, 6.07) is 7.59. The highest BCUT2D eigenvalue weighted by Gasteiger charge is 2.53. The summed E-state index contributed by atoms with van der Waals surface area (Å²) in [6.07, 6.45) is 3.21. The van der Waals surface area contributed by atoms with Crippen LogP contribution < -0.4 is 0 Å². The molecule has 2 heterocycles. The predicted molar refractivity (Wildman–Crippen MR) is 128 cm³/mol. The second-order valence-electron chi connectivity index (χ2n) is 10.8. The summed E-state index contributed by atoms with van der Waals surface area (Å²) in [5.41, 5.74) is -0.710. The van der Waals surface area contributed by atoms with Gasteiger partial charge < -0.3 is 19.2 Å². The van der Waals surface area contributed by atoms with Crippen LogP contribution in [0.15, 0.2) is 30.5 Å². The number of nitrogens with one attached hydrogen (secondary N) is 1. The first-order valence-corrected chi connectivity index (χ1v) is 11.8. The summed E-state index contributed by atoms with van der Waals surface area (Å²) in [4.78, 5) is 31.4. The van der Waals surface area contributed by atoms with Gasteiger partial charge >= 0.3 is 12.1 Å². The number of H-pyrrole nitrogens is 1. The van der Waals surface area contributed by atoms with E-state index >= 15 is 0 Å². The van der Waals surface area contributed by atoms with Crippen molar-refractivity contribution in [1.82, 2.24) is 9.88 Å². The fraction of sp³-hybridized carbons (Fsp3) is 0.615. The normalized spacial score (nSPS) is 20.2. The Hall–Kier alpha value is -2.54. The third kappa shape index (κ3) is 5.69. The molecule has 0 spiro atoms. The van der Waals surface area contributed by atoms with Crippen LogP contribution >= 0.6 is 0 Å². The van der Waals surface area contributed by atoms with E-state index in [9.17, 15) is 9.59 Å². The number of ether oxygens (including phenoxy) is 3. The van der Waals surface area contributed by atoms with Crippen LogP contribution in [0, 0.1) is 0 Å². The molecule has 7 nitrogen and oxygen atoms in total. The largest absolute Gasteiger partial charge is 0.444 e. The molecule has 2 atom stereocenters. The van der Waals surface area contributed by atoms with E-state index in [0.717, 1.165) is 23.7 Å². The van der Waals surface area contributed by atoms with Crippen molar-refractivity contribution in [3.05, 3.63) is 36.0 Å². The van der Waals surface area contributed by atoms with Crippen molar-refractivity contribution in [3.63, 3.8) is 0 Å². The molecule has 0 saturated carbocycles. The quantitative estimate of drug-likeness (QED) is 0.422. The van der Waals surface area contributed by atoms with E-state index in [1.165, 1.54) is 0 Å². The van der Waals surface area contributed by atoms with Gasteiger partial charge in [-0.1, -0.05) is 31.5 Å². The van der Waals surface area contributed by atoms with Crippen LogP contribution in [-0.4, -0.2) is 51.5 Å². The molecule has 1 N–H and O–H groups in total. The van der Waals surface area contributed by atoms with Gasteiger partial charge in [-0.25, -0.2) is 9.59 Å². The molecule has 1 saturated heterocycles. The Balaban J connectivity index is 1.98. The van der Waals surface area contributed by atoms with Gasteiger partial charge in [0.2, 0.25) is 6.29 Å². The topological polar surface area (TPSA) is 80.9 Å². The van der Waals surface area contributed by atoms with E-state index in [1.807, 2.05) is 65.8 Å². The number of esters is 1. The number of amides is 1. The van der Waals surface area contributed by atoms with Crippen molar-refractivity contribution in [2.45, 2.75) is 97.2 Å². The maximum absolute atomic E-state index is 13.4. The highest BCUT2D eigenvalue weighted by Crippen LogP contribution is 2.41. The maximum atomic E-state index is 13.4. The number of nitrogens with zero attached hydrogens (tertiary/aromatic N) is 1. The van der Waals surface area contributed by atoms with Crippen molar-refractivity contribution >= 4 is 23.0 Å². The summed E-state index contributed by atoms with van der Waals surface area (Å²) in [7, 11) is 0. The van der Waals surface area contributed by atoms with Crippen molar-refractivity contribution < 1.29 is 23.8 Å². The lowest BCUT2D eigenvalue weighted by Gasteiger charge is -2.45. The van der Waals surface area contributed by atoms with Crippen LogP contribution in [-0.2, 0) is 14.2 Å². The fourth-order valence-electron chi connectivity index (χ4n) is 4.51. The fourth-order valence-corrected chi connectivity index (χ4v) is 4.51. The van der Waals surface area contributed by atoms with Crippen LogP contribution in [0.1, 0.15) is 84.5 Å². The zero-order valence-corrected chi connectivity index (χ0v) is 21.0. The molecule has 1 amide bonds. The highest BCUT2D eigenvalue weighted by atomic mass is 16.7. The van der Waals surface area contributed by atoms with Crippen LogP contribution in [0.25, 0.3) is 10.9 Å². The number of likely N-dealkylation sites (tertiary alicyclic amines) is 1. The van der Waals surface area contributed by atoms with Crippen LogP contribution in [0.3, 0.4) is 0 Å². The molecule has 33 heavy (non-hydrogen) atoms. The second-order valence-corrected chi connectivity index (χ2v) is 10.8. The summed E-state index contributed by atoms with van der Waals surface area (Å²) in [5, 5.41) is 0.789. The minimum Gasteiger partial charge on any atom is -0.444 e. The minimum atomic E-state index is -0.936. The average Bonchev–Trinajstić information content (AvgIpc) is 3.30. The van der Waals surface area contributed by atoms with E-state index in [2.05, 4.69) is 11.9 Å². The summed E-state index contributed by atoms with van der Waals surface area (Å²) in [5.74, 6) is -0.479. The Morgan fingerprint density at radius 3 is 2.45 bits per heavy atom. The van der Waals surface area contributed by atoms with E-state index in [0.29, 0.717) is 24.9 Å². The lowest BCUT2D eigenvalue weighted by Crippen LogP contribution is -2.59.